The fourth-order valence-electron chi connectivity index (χ4n) is 7.67. The maximum Gasteiger partial charge on any atom is 0.306 e. The van der Waals surface area contributed by atoms with Crippen LogP contribution in [-0.4, -0.2) is 37.9 Å². The Morgan fingerprint density at radius 3 is 1.12 bits per heavy atom. The average Bonchev–Trinajstić information content (AvgIpc) is 3.34. The molecule has 0 aromatic carbocycles. The van der Waals surface area contributed by atoms with E-state index in [1.807, 2.05) is 6.08 Å². The molecule has 0 aliphatic heterocycles. The highest BCUT2D eigenvalue weighted by atomic mass is 16.6. The third kappa shape index (κ3) is 55.2. The Morgan fingerprint density at radius 1 is 0.338 bits per heavy atom. The zero-order valence-corrected chi connectivity index (χ0v) is 44.6. The molecule has 0 radical (unpaired) electrons. The molecular weight excluding hydrogens is 837 g/mol. The van der Waals surface area contributed by atoms with Crippen LogP contribution >= 0.6 is 0 Å². The second-order valence-corrected chi connectivity index (χ2v) is 18.4. The van der Waals surface area contributed by atoms with Crippen molar-refractivity contribution < 1.29 is 23.8 Å². The van der Waals surface area contributed by atoms with Gasteiger partial charge < -0.3 is 14.2 Å². The Hall–Kier alpha value is -3.44. The Bertz CT molecular complexity index is 1340. The molecule has 0 bridgehead atoms. The Balaban J connectivity index is 4.41. The van der Waals surface area contributed by atoms with Crippen molar-refractivity contribution in [3.8, 4) is 0 Å². The van der Waals surface area contributed by atoms with E-state index in [9.17, 15) is 9.59 Å². The first kappa shape index (κ1) is 64.6. The molecule has 0 spiro atoms. The van der Waals surface area contributed by atoms with Gasteiger partial charge in [-0.25, -0.2) is 0 Å². The van der Waals surface area contributed by atoms with Crippen LogP contribution in [0, 0.1) is 0 Å². The quantitative estimate of drug-likeness (QED) is 0.0345. The van der Waals surface area contributed by atoms with E-state index < -0.39 is 6.10 Å². The number of carbonyl (C=O) groups excluding carboxylic acids is 2. The van der Waals surface area contributed by atoms with Gasteiger partial charge in [0.15, 0.2) is 6.10 Å². The van der Waals surface area contributed by atoms with Crippen LogP contribution in [0.25, 0.3) is 0 Å². The number of hydrogen-bond donors (Lipinski definition) is 0. The molecule has 1 atom stereocenters. The topological polar surface area (TPSA) is 61.8 Å². The smallest absolute Gasteiger partial charge is 0.306 e. The summed E-state index contributed by atoms with van der Waals surface area (Å²) >= 11 is 0. The van der Waals surface area contributed by atoms with Crippen molar-refractivity contribution >= 4 is 11.9 Å². The molecule has 5 nitrogen and oxygen atoms in total. The van der Waals surface area contributed by atoms with Crippen LogP contribution in [0.4, 0.5) is 0 Å². The van der Waals surface area contributed by atoms with Gasteiger partial charge in [-0.05, 0) is 89.9 Å². The van der Waals surface area contributed by atoms with Gasteiger partial charge in [0.25, 0.3) is 0 Å². The molecule has 68 heavy (non-hydrogen) atoms. The van der Waals surface area contributed by atoms with Crippen LogP contribution in [0.5, 0.6) is 0 Å². The number of esters is 2. The third-order valence-electron chi connectivity index (χ3n) is 11.8. The Morgan fingerprint density at radius 2 is 0.691 bits per heavy atom. The predicted molar refractivity (Wildman–Crippen MR) is 297 cm³/mol. The van der Waals surface area contributed by atoms with Crippen molar-refractivity contribution in [2.75, 3.05) is 19.8 Å². The van der Waals surface area contributed by atoms with Gasteiger partial charge in [-0.1, -0.05) is 259 Å². The summed E-state index contributed by atoms with van der Waals surface area (Å²) < 4.78 is 17.4. The second-order valence-electron chi connectivity index (χ2n) is 18.4. The minimum Gasteiger partial charge on any atom is -0.462 e. The summed E-state index contributed by atoms with van der Waals surface area (Å²) in [7, 11) is 0. The van der Waals surface area contributed by atoms with E-state index >= 15 is 0 Å². The van der Waals surface area contributed by atoms with E-state index in [2.05, 4.69) is 124 Å². The van der Waals surface area contributed by atoms with Gasteiger partial charge in [-0.2, -0.15) is 0 Å². The molecule has 0 amide bonds. The highest BCUT2D eigenvalue weighted by Crippen LogP contribution is 2.15. The lowest BCUT2D eigenvalue weighted by atomic mass is 10.0. The van der Waals surface area contributed by atoms with Gasteiger partial charge in [-0.15, -0.1) is 0 Å². The lowest BCUT2D eigenvalue weighted by Gasteiger charge is -2.18. The molecule has 0 aliphatic carbocycles. The third-order valence-corrected chi connectivity index (χ3v) is 11.8. The fraction of sp³-hybridized carbons (Fsp3) is 0.683. The predicted octanol–water partition coefficient (Wildman–Crippen LogP) is 19.6. The summed E-state index contributed by atoms with van der Waals surface area (Å²) in [4.78, 5) is 25.5. The highest BCUT2D eigenvalue weighted by molar-refractivity contribution is 5.70. The highest BCUT2D eigenvalue weighted by Gasteiger charge is 2.17. The van der Waals surface area contributed by atoms with E-state index in [-0.39, 0.29) is 25.2 Å². The summed E-state index contributed by atoms with van der Waals surface area (Å²) in [6.45, 7) is 7.51. The maximum atomic E-state index is 12.9. The minimum absolute atomic E-state index is 0.0361. The lowest BCUT2D eigenvalue weighted by molar-refractivity contribution is -0.162. The van der Waals surface area contributed by atoms with Gasteiger partial charge in [0.1, 0.15) is 6.61 Å². The number of allylic oxidation sites excluding steroid dienone is 18. The molecule has 0 saturated heterocycles. The summed E-state index contributed by atoms with van der Waals surface area (Å²) in [6.07, 6.45) is 79.8. The van der Waals surface area contributed by atoms with Crippen LogP contribution in [-0.2, 0) is 23.8 Å². The van der Waals surface area contributed by atoms with Crippen LogP contribution < -0.4 is 0 Å². The zero-order chi connectivity index (χ0) is 49.2. The summed E-state index contributed by atoms with van der Waals surface area (Å²) in [5.41, 5.74) is 0. The Labute approximate surface area is 421 Å². The number of ether oxygens (including phenoxy) is 3. The van der Waals surface area contributed by atoms with Crippen molar-refractivity contribution in [2.24, 2.45) is 0 Å². The maximum absolute atomic E-state index is 12.9. The molecule has 0 aromatic rings. The standard InChI is InChI=1S/C63H106O5/c1-4-7-10-13-16-19-22-25-28-31-32-34-35-38-41-44-47-50-53-56-62(64)67-60-61(59-66-58-55-52-49-46-43-40-37-30-27-24-21-18-15-12-9-6-3)68-63(65)57-54-51-48-45-42-39-36-33-29-26-23-20-17-14-11-8-5-2/h7,9-10,12,16,18-19,21,25,27-28,30,32,34,38,41,47,50,61H,4-6,8,11,13-15,17,20,22-24,26,29,31,33,35-37,39-40,42-46,48-49,51-60H2,1-3H3/b10-7-,12-9-,19-16-,21-18-,28-25-,30-27-,34-32-,41-38-,50-47-. The van der Waals surface area contributed by atoms with Gasteiger partial charge in [0.05, 0.1) is 6.61 Å². The number of carbonyl (C=O) groups is 2. The molecule has 0 aliphatic rings. The van der Waals surface area contributed by atoms with E-state index in [1.54, 1.807) is 0 Å². The van der Waals surface area contributed by atoms with Crippen molar-refractivity contribution in [3.05, 3.63) is 109 Å². The van der Waals surface area contributed by atoms with Gasteiger partial charge in [0, 0.05) is 19.4 Å². The number of unbranched alkanes of at least 4 members (excludes halogenated alkanes) is 22. The number of hydrogen-bond acceptors (Lipinski definition) is 5. The summed E-state index contributed by atoms with van der Waals surface area (Å²) in [6, 6.07) is 0. The van der Waals surface area contributed by atoms with Gasteiger partial charge >= 0.3 is 11.9 Å². The average molecular weight is 944 g/mol. The van der Waals surface area contributed by atoms with Crippen LogP contribution in [0.1, 0.15) is 252 Å². The molecule has 0 saturated carbocycles. The van der Waals surface area contributed by atoms with E-state index in [0.29, 0.717) is 25.9 Å². The molecule has 388 valence electrons. The summed E-state index contributed by atoms with van der Waals surface area (Å²) in [5, 5.41) is 0. The fourth-order valence-corrected chi connectivity index (χ4v) is 7.67. The molecule has 0 heterocycles. The normalized spacial score (nSPS) is 13.0. The van der Waals surface area contributed by atoms with Crippen molar-refractivity contribution in [1.29, 1.82) is 0 Å². The van der Waals surface area contributed by atoms with Crippen molar-refractivity contribution in [2.45, 2.75) is 258 Å². The summed E-state index contributed by atoms with van der Waals surface area (Å²) in [5.74, 6) is -0.499. The molecular formula is C63H106O5. The van der Waals surface area contributed by atoms with E-state index in [0.717, 1.165) is 89.9 Å². The molecule has 5 heteroatoms. The minimum atomic E-state index is -0.579. The zero-order valence-electron chi connectivity index (χ0n) is 44.6. The van der Waals surface area contributed by atoms with Crippen LogP contribution in [0.15, 0.2) is 109 Å². The second kappa shape index (κ2) is 57.9. The van der Waals surface area contributed by atoms with Crippen LogP contribution in [0.2, 0.25) is 0 Å². The van der Waals surface area contributed by atoms with Crippen molar-refractivity contribution in [3.63, 3.8) is 0 Å². The molecule has 0 rings (SSSR count). The van der Waals surface area contributed by atoms with E-state index in [1.165, 1.54) is 122 Å². The van der Waals surface area contributed by atoms with Crippen molar-refractivity contribution in [1.82, 2.24) is 0 Å². The molecule has 0 fully saturated rings. The van der Waals surface area contributed by atoms with Gasteiger partial charge in [0.2, 0.25) is 0 Å². The van der Waals surface area contributed by atoms with E-state index in [4.69, 9.17) is 14.2 Å². The lowest BCUT2D eigenvalue weighted by Crippen LogP contribution is -2.30. The number of rotatable bonds is 51. The van der Waals surface area contributed by atoms with Crippen LogP contribution in [0.3, 0.4) is 0 Å². The first-order valence-electron chi connectivity index (χ1n) is 28.4. The largest absolute Gasteiger partial charge is 0.462 e. The first-order valence-corrected chi connectivity index (χ1v) is 28.4. The monoisotopic (exact) mass is 943 g/mol. The Kier molecular flexibility index (Phi) is 54.9. The van der Waals surface area contributed by atoms with Gasteiger partial charge in [-0.3, -0.25) is 9.59 Å². The molecule has 0 N–H and O–H groups in total. The molecule has 0 aromatic heterocycles. The first-order chi connectivity index (χ1) is 33.6. The molecule has 1 unspecified atom stereocenters. The SMILES string of the molecule is CC/C=C\C/C=C\C/C=C\C/C=C\C/C=C\C/C=C\CCC(=O)OCC(COCCCCCCCC/C=C\C/C=C\C/C=C\CC)OC(=O)CCCCCCCCCCCCCCCCCCC.